The van der Waals surface area contributed by atoms with Crippen LogP contribution in [-0.4, -0.2) is 19.5 Å². The zero-order valence-electron chi connectivity index (χ0n) is 19.2. The molecule has 35 heavy (non-hydrogen) atoms. The number of fused-ring (bicyclic) bond motifs is 2. The molecule has 5 aromatic rings. The second-order valence-corrected chi connectivity index (χ2v) is 8.41. The highest BCUT2D eigenvalue weighted by Gasteiger charge is 2.26. The van der Waals surface area contributed by atoms with Crippen LogP contribution in [0.5, 0.6) is 11.6 Å². The highest BCUT2D eigenvalue weighted by Crippen LogP contribution is 2.46. The lowest BCUT2D eigenvalue weighted by Crippen LogP contribution is -2.03. The van der Waals surface area contributed by atoms with Gasteiger partial charge >= 0.3 is 0 Å². The maximum Gasteiger partial charge on any atom is 0.219 e. The van der Waals surface area contributed by atoms with Crippen molar-refractivity contribution in [1.29, 1.82) is 5.26 Å². The van der Waals surface area contributed by atoms with Crippen molar-refractivity contribution < 1.29 is 4.74 Å². The summed E-state index contributed by atoms with van der Waals surface area (Å²) < 4.78 is 8.16. The SMILES string of the molecule is Cc1cccc(Oc2ccc3c(c2)CNc2ncnc4c2c-3c(-c2ccc(NC#N)cc2)n4C)n1. The number of anilines is 2. The van der Waals surface area contributed by atoms with Crippen LogP contribution >= 0.6 is 0 Å². The molecule has 0 unspecified atom stereocenters. The molecule has 0 aliphatic carbocycles. The molecule has 3 aromatic heterocycles. The summed E-state index contributed by atoms with van der Waals surface area (Å²) in [6, 6.07) is 19.7. The first-order valence-electron chi connectivity index (χ1n) is 11.2. The van der Waals surface area contributed by atoms with Crippen molar-refractivity contribution in [3.8, 4) is 40.2 Å². The van der Waals surface area contributed by atoms with Crippen LogP contribution in [0.25, 0.3) is 33.4 Å². The minimum atomic E-state index is 0.564. The van der Waals surface area contributed by atoms with Crippen LogP contribution in [0.15, 0.2) is 67.0 Å². The Labute approximate surface area is 201 Å². The van der Waals surface area contributed by atoms with Crippen LogP contribution in [0.1, 0.15) is 11.3 Å². The number of pyridine rings is 1. The zero-order valence-corrected chi connectivity index (χ0v) is 19.2. The summed E-state index contributed by atoms with van der Waals surface area (Å²) >= 11 is 0. The molecular formula is C27H21N7O. The van der Waals surface area contributed by atoms with Crippen molar-refractivity contribution in [3.63, 3.8) is 0 Å². The fourth-order valence-corrected chi connectivity index (χ4v) is 4.66. The van der Waals surface area contributed by atoms with Crippen LogP contribution in [-0.2, 0) is 13.6 Å². The summed E-state index contributed by atoms with van der Waals surface area (Å²) in [5.41, 5.74) is 7.80. The van der Waals surface area contributed by atoms with Gasteiger partial charge in [-0.2, -0.15) is 5.26 Å². The van der Waals surface area contributed by atoms with Gasteiger partial charge in [0.15, 0.2) is 6.19 Å². The van der Waals surface area contributed by atoms with Crippen LogP contribution in [0.3, 0.4) is 0 Å². The lowest BCUT2D eigenvalue weighted by molar-refractivity contribution is 0.461. The molecule has 1 aliphatic heterocycles. The quantitative estimate of drug-likeness (QED) is 0.266. The first-order valence-corrected chi connectivity index (χ1v) is 11.2. The number of benzene rings is 2. The molecule has 0 saturated heterocycles. The van der Waals surface area contributed by atoms with E-state index in [1.807, 2.05) is 74.8 Å². The number of hydrogen-bond acceptors (Lipinski definition) is 7. The van der Waals surface area contributed by atoms with Crippen LogP contribution < -0.4 is 15.4 Å². The van der Waals surface area contributed by atoms with E-state index < -0.39 is 0 Å². The number of ether oxygens (including phenoxy) is 1. The highest BCUT2D eigenvalue weighted by molar-refractivity contribution is 6.09. The molecule has 0 bridgehead atoms. The summed E-state index contributed by atoms with van der Waals surface area (Å²) in [6.07, 6.45) is 3.55. The lowest BCUT2D eigenvalue weighted by Gasteiger charge is -2.14. The van der Waals surface area contributed by atoms with Gasteiger partial charge in [0.1, 0.15) is 23.5 Å². The lowest BCUT2D eigenvalue weighted by atomic mass is 9.95. The molecule has 2 N–H and O–H groups in total. The average Bonchev–Trinajstić information content (AvgIpc) is 3.06. The van der Waals surface area contributed by atoms with Gasteiger partial charge in [0.25, 0.3) is 0 Å². The van der Waals surface area contributed by atoms with Crippen LogP contribution in [0, 0.1) is 18.4 Å². The molecule has 0 amide bonds. The van der Waals surface area contributed by atoms with Gasteiger partial charge < -0.3 is 14.6 Å². The van der Waals surface area contributed by atoms with Gasteiger partial charge in [-0.15, -0.1) is 0 Å². The minimum absolute atomic E-state index is 0.564. The molecule has 0 radical (unpaired) electrons. The Morgan fingerprint density at radius 3 is 2.74 bits per heavy atom. The molecule has 0 fully saturated rings. The van der Waals surface area contributed by atoms with Gasteiger partial charge in [0, 0.05) is 36.6 Å². The topological polar surface area (TPSA) is 101 Å². The summed E-state index contributed by atoms with van der Waals surface area (Å²) in [5.74, 6) is 2.09. The Kier molecular flexibility index (Phi) is 4.82. The molecule has 8 nitrogen and oxygen atoms in total. The Balaban J connectivity index is 1.52. The van der Waals surface area contributed by atoms with Crippen LogP contribution in [0.2, 0.25) is 0 Å². The van der Waals surface area contributed by atoms with Crippen molar-refractivity contribution in [2.24, 2.45) is 7.05 Å². The Bertz CT molecular complexity index is 1630. The molecule has 170 valence electrons. The third-order valence-electron chi connectivity index (χ3n) is 6.20. The van der Waals surface area contributed by atoms with Gasteiger partial charge in [-0.3, -0.25) is 5.32 Å². The molecule has 0 atom stereocenters. The maximum absolute atomic E-state index is 8.93. The number of aryl methyl sites for hydroxylation is 2. The van der Waals surface area contributed by atoms with Crippen LogP contribution in [0.4, 0.5) is 11.5 Å². The first kappa shape index (κ1) is 20.7. The number of nitriles is 1. The average molecular weight is 460 g/mol. The number of nitrogens with zero attached hydrogens (tertiary/aromatic N) is 5. The molecule has 2 aromatic carbocycles. The number of rotatable bonds is 4. The van der Waals surface area contributed by atoms with E-state index in [2.05, 4.69) is 36.2 Å². The summed E-state index contributed by atoms with van der Waals surface area (Å²) in [6.45, 7) is 2.54. The normalized spacial score (nSPS) is 11.8. The molecule has 0 saturated carbocycles. The highest BCUT2D eigenvalue weighted by atomic mass is 16.5. The van der Waals surface area contributed by atoms with Crippen molar-refractivity contribution >= 4 is 22.5 Å². The van der Waals surface area contributed by atoms with E-state index in [0.29, 0.717) is 12.4 Å². The Morgan fingerprint density at radius 1 is 1.09 bits per heavy atom. The molecule has 6 rings (SSSR count). The molecular weight excluding hydrogens is 438 g/mol. The van der Waals surface area contributed by atoms with Gasteiger partial charge in [0.2, 0.25) is 5.88 Å². The summed E-state index contributed by atoms with van der Waals surface area (Å²) in [4.78, 5) is 13.6. The molecule has 1 aliphatic rings. The summed E-state index contributed by atoms with van der Waals surface area (Å²) in [5, 5.41) is 16.1. The third kappa shape index (κ3) is 3.50. The maximum atomic E-state index is 8.93. The van der Waals surface area contributed by atoms with E-state index in [9.17, 15) is 0 Å². The predicted molar refractivity (Wildman–Crippen MR) is 135 cm³/mol. The van der Waals surface area contributed by atoms with E-state index in [0.717, 1.165) is 61.9 Å². The first-order chi connectivity index (χ1) is 17.1. The van der Waals surface area contributed by atoms with Gasteiger partial charge in [-0.1, -0.05) is 24.3 Å². The monoisotopic (exact) mass is 459 g/mol. The number of hydrogen-bond donors (Lipinski definition) is 2. The second-order valence-electron chi connectivity index (χ2n) is 8.41. The smallest absolute Gasteiger partial charge is 0.219 e. The fourth-order valence-electron chi connectivity index (χ4n) is 4.66. The zero-order chi connectivity index (χ0) is 23.9. The van der Waals surface area contributed by atoms with E-state index in [4.69, 9.17) is 10.00 Å². The minimum Gasteiger partial charge on any atom is -0.439 e. The number of aromatic nitrogens is 4. The Morgan fingerprint density at radius 2 is 1.94 bits per heavy atom. The summed E-state index contributed by atoms with van der Waals surface area (Å²) in [7, 11) is 2.02. The fraction of sp³-hybridized carbons (Fsp3) is 0.111. The number of nitrogens with one attached hydrogen (secondary N) is 2. The van der Waals surface area contributed by atoms with E-state index in [1.165, 1.54) is 0 Å². The molecule has 0 spiro atoms. The van der Waals surface area contributed by atoms with Crippen molar-refractivity contribution in [2.75, 3.05) is 10.6 Å². The van der Waals surface area contributed by atoms with E-state index in [1.54, 1.807) is 6.33 Å². The molecule has 8 heteroatoms. The van der Waals surface area contributed by atoms with Gasteiger partial charge in [-0.05, 0) is 53.9 Å². The largest absolute Gasteiger partial charge is 0.439 e. The standard InChI is InChI=1S/C27H21N7O/c1-16-4-3-5-22(33-16)35-20-10-11-21-18(12-20)13-29-26-24-23(21)25(34(2)27(24)32-15-31-26)17-6-8-19(9-7-17)30-14-28/h3-12,15,30H,13H2,1-2H3,(H,29,31,32). The van der Waals surface area contributed by atoms with E-state index >= 15 is 0 Å². The third-order valence-corrected chi connectivity index (χ3v) is 6.20. The van der Waals surface area contributed by atoms with Gasteiger partial charge in [-0.25, -0.2) is 15.0 Å². The predicted octanol–water partition coefficient (Wildman–Crippen LogP) is 5.62. The van der Waals surface area contributed by atoms with Crippen molar-refractivity contribution in [3.05, 3.63) is 78.2 Å². The van der Waals surface area contributed by atoms with Gasteiger partial charge in [0.05, 0.1) is 11.1 Å². The van der Waals surface area contributed by atoms with Crippen molar-refractivity contribution in [1.82, 2.24) is 19.5 Å². The molecule has 4 heterocycles. The second kappa shape index (κ2) is 8.15. The Hall–Kier alpha value is -4.90. The van der Waals surface area contributed by atoms with Crippen molar-refractivity contribution in [2.45, 2.75) is 13.5 Å². The van der Waals surface area contributed by atoms with E-state index in [-0.39, 0.29) is 0 Å².